The Hall–Kier alpha value is -3.04. The highest BCUT2D eigenvalue weighted by molar-refractivity contribution is 6.03. The van der Waals surface area contributed by atoms with E-state index in [0.717, 1.165) is 28.4 Å². The summed E-state index contributed by atoms with van der Waals surface area (Å²) in [7, 11) is 4.25. The molecule has 29 heavy (non-hydrogen) atoms. The first kappa shape index (κ1) is 22.3. The van der Waals surface area contributed by atoms with Crippen molar-refractivity contribution < 1.29 is 48.3 Å². The SMILES string of the molecule is CC[C@]12C(C(=O)OC)=C(O)[C@@H](C(=O)OC)[C@@]1(C)C(C(=O)OC)=C(O)[C@@H]2C(=O)OC. The van der Waals surface area contributed by atoms with Crippen molar-refractivity contribution in [3.8, 4) is 0 Å². The third kappa shape index (κ3) is 2.47. The molecule has 0 radical (unpaired) electrons. The van der Waals surface area contributed by atoms with Crippen molar-refractivity contribution in [2.45, 2.75) is 20.3 Å². The van der Waals surface area contributed by atoms with Crippen LogP contribution in [0.2, 0.25) is 0 Å². The zero-order chi connectivity index (χ0) is 22.3. The summed E-state index contributed by atoms with van der Waals surface area (Å²) >= 11 is 0. The Morgan fingerprint density at radius 3 is 1.62 bits per heavy atom. The maximum atomic E-state index is 12.7. The van der Waals surface area contributed by atoms with Crippen molar-refractivity contribution in [2.24, 2.45) is 22.7 Å². The van der Waals surface area contributed by atoms with Crippen molar-refractivity contribution in [1.29, 1.82) is 0 Å². The van der Waals surface area contributed by atoms with Gasteiger partial charge in [0.15, 0.2) is 0 Å². The summed E-state index contributed by atoms with van der Waals surface area (Å²) in [5, 5.41) is 21.8. The summed E-state index contributed by atoms with van der Waals surface area (Å²) in [6.07, 6.45) is -0.0458. The second-order valence-corrected chi connectivity index (χ2v) is 6.94. The molecule has 0 saturated heterocycles. The molecule has 2 aliphatic carbocycles. The first-order valence-corrected chi connectivity index (χ1v) is 8.76. The molecule has 0 saturated carbocycles. The Morgan fingerprint density at radius 2 is 1.21 bits per heavy atom. The van der Waals surface area contributed by atoms with Crippen LogP contribution in [0.15, 0.2) is 22.7 Å². The van der Waals surface area contributed by atoms with Gasteiger partial charge in [-0.2, -0.15) is 0 Å². The summed E-state index contributed by atoms with van der Waals surface area (Å²) < 4.78 is 19.2. The molecule has 0 aromatic heterocycles. The molecule has 0 fully saturated rings. The normalized spacial score (nSPS) is 30.7. The molecule has 0 aromatic rings. The van der Waals surface area contributed by atoms with E-state index < -0.39 is 69.2 Å². The van der Waals surface area contributed by atoms with Gasteiger partial charge in [0, 0.05) is 10.8 Å². The van der Waals surface area contributed by atoms with Gasteiger partial charge in [0.1, 0.15) is 23.4 Å². The average Bonchev–Trinajstić information content (AvgIpc) is 3.02. The molecular weight excluding hydrogens is 388 g/mol. The molecular formula is C19H24O10. The van der Waals surface area contributed by atoms with Gasteiger partial charge in [-0.3, -0.25) is 9.59 Å². The fourth-order valence-electron chi connectivity index (χ4n) is 5.07. The predicted molar refractivity (Wildman–Crippen MR) is 95.2 cm³/mol. The summed E-state index contributed by atoms with van der Waals surface area (Å²) in [5.74, 6) is -8.52. The van der Waals surface area contributed by atoms with Crippen molar-refractivity contribution in [2.75, 3.05) is 28.4 Å². The maximum Gasteiger partial charge on any atom is 0.337 e. The van der Waals surface area contributed by atoms with Gasteiger partial charge < -0.3 is 29.2 Å². The fraction of sp³-hybridized carbons (Fsp3) is 0.579. The molecule has 0 spiro atoms. The smallest absolute Gasteiger partial charge is 0.337 e. The Bertz CT molecular complexity index is 838. The van der Waals surface area contributed by atoms with Crippen LogP contribution in [0, 0.1) is 22.7 Å². The number of hydrogen-bond acceptors (Lipinski definition) is 10. The van der Waals surface area contributed by atoms with Gasteiger partial charge in [-0.25, -0.2) is 9.59 Å². The minimum Gasteiger partial charge on any atom is -0.511 e. The fourth-order valence-corrected chi connectivity index (χ4v) is 5.07. The van der Waals surface area contributed by atoms with Crippen molar-refractivity contribution in [1.82, 2.24) is 0 Å². The van der Waals surface area contributed by atoms with E-state index in [-0.39, 0.29) is 6.42 Å². The van der Waals surface area contributed by atoms with Gasteiger partial charge in [-0.05, 0) is 6.42 Å². The number of esters is 4. The van der Waals surface area contributed by atoms with E-state index >= 15 is 0 Å². The van der Waals surface area contributed by atoms with E-state index in [1.54, 1.807) is 6.92 Å². The van der Waals surface area contributed by atoms with Crippen LogP contribution in [0.4, 0.5) is 0 Å². The number of carbonyl (C=O) groups excluding carboxylic acids is 4. The second-order valence-electron chi connectivity index (χ2n) is 6.94. The van der Waals surface area contributed by atoms with Crippen LogP contribution in [-0.2, 0) is 38.1 Å². The van der Waals surface area contributed by atoms with Crippen LogP contribution >= 0.6 is 0 Å². The first-order chi connectivity index (χ1) is 13.6. The van der Waals surface area contributed by atoms with Crippen LogP contribution in [0.3, 0.4) is 0 Å². The number of methoxy groups -OCH3 is 4. The van der Waals surface area contributed by atoms with Gasteiger partial charge in [0.25, 0.3) is 0 Å². The quantitative estimate of drug-likeness (QED) is 0.494. The minimum atomic E-state index is -1.77. The molecule has 2 rings (SSSR count). The minimum absolute atomic E-state index is 0.0458. The third-order valence-corrected chi connectivity index (χ3v) is 6.23. The van der Waals surface area contributed by atoms with Crippen LogP contribution < -0.4 is 0 Å². The molecule has 10 heteroatoms. The lowest BCUT2D eigenvalue weighted by Gasteiger charge is -2.43. The molecule has 0 heterocycles. The summed E-state index contributed by atoms with van der Waals surface area (Å²) in [4.78, 5) is 50.7. The van der Waals surface area contributed by atoms with E-state index in [1.807, 2.05) is 0 Å². The highest BCUT2D eigenvalue weighted by atomic mass is 16.5. The zero-order valence-corrected chi connectivity index (χ0v) is 17.0. The van der Waals surface area contributed by atoms with E-state index in [4.69, 9.17) is 18.9 Å². The number of carbonyl (C=O) groups is 4. The highest BCUT2D eigenvalue weighted by Crippen LogP contribution is 2.72. The van der Waals surface area contributed by atoms with Gasteiger partial charge in [0.2, 0.25) is 0 Å². The van der Waals surface area contributed by atoms with Crippen molar-refractivity contribution >= 4 is 23.9 Å². The number of fused-ring (bicyclic) bond motifs is 1. The lowest BCUT2D eigenvalue weighted by molar-refractivity contribution is -0.158. The van der Waals surface area contributed by atoms with Crippen LogP contribution in [-0.4, -0.2) is 62.5 Å². The van der Waals surface area contributed by atoms with E-state index in [9.17, 15) is 29.4 Å². The predicted octanol–water partition coefficient (Wildman–Crippen LogP) is 0.965. The van der Waals surface area contributed by atoms with Crippen LogP contribution in [0.25, 0.3) is 0 Å². The number of aliphatic hydroxyl groups excluding tert-OH is 2. The molecule has 10 nitrogen and oxygen atoms in total. The molecule has 160 valence electrons. The average molecular weight is 412 g/mol. The van der Waals surface area contributed by atoms with Gasteiger partial charge in [-0.1, -0.05) is 13.8 Å². The van der Waals surface area contributed by atoms with E-state index in [2.05, 4.69) is 0 Å². The largest absolute Gasteiger partial charge is 0.511 e. The molecule has 0 unspecified atom stereocenters. The van der Waals surface area contributed by atoms with Crippen LogP contribution in [0.5, 0.6) is 0 Å². The number of ether oxygens (including phenoxy) is 4. The molecule has 0 aromatic carbocycles. The Kier molecular flexibility index (Phi) is 5.69. The first-order valence-electron chi connectivity index (χ1n) is 8.76. The van der Waals surface area contributed by atoms with E-state index in [0.29, 0.717) is 0 Å². The Morgan fingerprint density at radius 1 is 0.793 bits per heavy atom. The summed E-state index contributed by atoms with van der Waals surface area (Å²) in [5.41, 5.74) is -4.32. The topological polar surface area (TPSA) is 146 Å². The van der Waals surface area contributed by atoms with Crippen molar-refractivity contribution in [3.63, 3.8) is 0 Å². The second kappa shape index (κ2) is 7.41. The van der Waals surface area contributed by atoms with Gasteiger partial charge in [0.05, 0.1) is 39.6 Å². The molecule has 0 amide bonds. The van der Waals surface area contributed by atoms with Gasteiger partial charge in [-0.15, -0.1) is 0 Å². The number of rotatable bonds is 5. The maximum absolute atomic E-state index is 12.7. The van der Waals surface area contributed by atoms with Crippen LogP contribution in [0.1, 0.15) is 20.3 Å². The van der Waals surface area contributed by atoms with Gasteiger partial charge >= 0.3 is 23.9 Å². The van der Waals surface area contributed by atoms with E-state index in [1.165, 1.54) is 6.92 Å². The molecule has 4 atom stereocenters. The molecule has 2 aliphatic rings. The highest BCUT2D eigenvalue weighted by Gasteiger charge is 2.77. The number of hydrogen-bond donors (Lipinski definition) is 2. The lowest BCUT2D eigenvalue weighted by atomic mass is 9.55. The lowest BCUT2D eigenvalue weighted by Crippen LogP contribution is -2.49. The Balaban J connectivity index is 3.05. The summed E-state index contributed by atoms with van der Waals surface area (Å²) in [6.45, 7) is 2.97. The standard InChI is InChI=1S/C19H24O10/c1-7-19-10(16(24)28-5)12(20)8(14(22)26-3)18(19,2)9(15(23)27-4)13(21)11(19)17(25)29-6/h8,11,20-21H,7H2,1-6H3/t8-,11+,18-,19+/m0/s1. The number of aliphatic hydroxyl groups is 2. The monoisotopic (exact) mass is 412 g/mol. The summed E-state index contributed by atoms with van der Waals surface area (Å²) in [6, 6.07) is 0. The molecule has 0 aliphatic heterocycles. The molecule has 0 bridgehead atoms. The Labute approximate surface area is 167 Å². The third-order valence-electron chi connectivity index (χ3n) is 6.23. The van der Waals surface area contributed by atoms with Crippen molar-refractivity contribution in [3.05, 3.63) is 22.7 Å². The molecule has 2 N–H and O–H groups in total. The zero-order valence-electron chi connectivity index (χ0n) is 17.0.